The minimum absolute atomic E-state index is 0.0166. The summed E-state index contributed by atoms with van der Waals surface area (Å²) in [6, 6.07) is 7.56. The Kier molecular flexibility index (Phi) is 9.23. The number of hydrogen-bond acceptors (Lipinski definition) is 7. The normalized spacial score (nSPS) is 14.5. The highest BCUT2D eigenvalue weighted by atomic mass is 32.2. The summed E-state index contributed by atoms with van der Waals surface area (Å²) in [4.78, 5) is 35.7. The van der Waals surface area contributed by atoms with E-state index in [0.29, 0.717) is 28.6 Å². The lowest BCUT2D eigenvalue weighted by molar-refractivity contribution is -0.153. The first-order valence-electron chi connectivity index (χ1n) is 12.7. The van der Waals surface area contributed by atoms with Crippen LogP contribution in [-0.2, 0) is 26.1 Å². The van der Waals surface area contributed by atoms with Crippen LogP contribution in [0.2, 0.25) is 0 Å². The number of para-hydroxylation sites is 2. The summed E-state index contributed by atoms with van der Waals surface area (Å²) < 4.78 is 62.9. The lowest BCUT2D eigenvalue weighted by atomic mass is 10.00. The second-order valence-corrected chi connectivity index (χ2v) is 10.7. The van der Waals surface area contributed by atoms with Gasteiger partial charge < -0.3 is 14.4 Å². The Labute approximate surface area is 231 Å². The molecular formula is C27H29F3N4O5S. The highest BCUT2D eigenvalue weighted by Gasteiger charge is 2.29. The quantitative estimate of drug-likeness (QED) is 0.332. The lowest BCUT2D eigenvalue weighted by Gasteiger charge is -2.19. The van der Waals surface area contributed by atoms with Gasteiger partial charge in [-0.25, -0.2) is 19.1 Å². The molecule has 1 aromatic carbocycles. The van der Waals surface area contributed by atoms with E-state index in [1.165, 1.54) is 35.7 Å². The van der Waals surface area contributed by atoms with Crippen LogP contribution in [-0.4, -0.2) is 68.6 Å². The van der Waals surface area contributed by atoms with Crippen LogP contribution in [0.15, 0.2) is 53.3 Å². The van der Waals surface area contributed by atoms with E-state index < -0.39 is 29.6 Å². The monoisotopic (exact) mass is 578 g/mol. The number of hydrogen-bond donors (Lipinski definition) is 0. The SMILES string of the molecule is Cc1c(OCC(F)(F)F)ccnc1CS(=O)c1nc2ccccc2n1C(=O)N(C)CCOC(=O)C1=CCCCC1. The van der Waals surface area contributed by atoms with Crippen molar-refractivity contribution in [2.45, 2.75) is 49.7 Å². The number of fused-ring (bicyclic) bond motifs is 1. The topological polar surface area (TPSA) is 104 Å². The van der Waals surface area contributed by atoms with Gasteiger partial charge in [0, 0.05) is 24.4 Å². The molecule has 1 atom stereocenters. The molecule has 214 valence electrons. The van der Waals surface area contributed by atoms with E-state index >= 15 is 0 Å². The molecule has 1 amide bonds. The Hall–Kier alpha value is -3.74. The average Bonchev–Trinajstić information content (AvgIpc) is 3.32. The number of carbonyl (C=O) groups excluding carboxylic acids is 2. The molecule has 0 spiro atoms. The van der Waals surface area contributed by atoms with Crippen LogP contribution in [0.4, 0.5) is 18.0 Å². The fraction of sp³-hybridized carbons (Fsp3) is 0.407. The zero-order chi connectivity index (χ0) is 28.9. The Morgan fingerprint density at radius 1 is 1.18 bits per heavy atom. The van der Waals surface area contributed by atoms with E-state index in [1.807, 2.05) is 6.08 Å². The predicted octanol–water partition coefficient (Wildman–Crippen LogP) is 4.93. The van der Waals surface area contributed by atoms with Gasteiger partial charge in [-0.05, 0) is 50.8 Å². The Morgan fingerprint density at radius 2 is 1.95 bits per heavy atom. The highest BCUT2D eigenvalue weighted by molar-refractivity contribution is 7.84. The first-order chi connectivity index (χ1) is 19.0. The van der Waals surface area contributed by atoms with E-state index in [2.05, 4.69) is 9.97 Å². The lowest BCUT2D eigenvalue weighted by Crippen LogP contribution is -2.35. The van der Waals surface area contributed by atoms with Crippen molar-refractivity contribution in [3.05, 3.63) is 59.4 Å². The molecule has 1 aliphatic rings. The Bertz CT molecular complexity index is 1450. The van der Waals surface area contributed by atoms with Gasteiger partial charge in [-0.2, -0.15) is 13.2 Å². The molecule has 9 nitrogen and oxygen atoms in total. The van der Waals surface area contributed by atoms with Crippen LogP contribution in [0.5, 0.6) is 5.75 Å². The summed E-state index contributed by atoms with van der Waals surface area (Å²) in [5.41, 5.74) is 2.08. The smallest absolute Gasteiger partial charge is 0.422 e. The number of ether oxygens (including phenoxy) is 2. The second-order valence-electron chi connectivity index (χ2n) is 9.31. The zero-order valence-electron chi connectivity index (χ0n) is 22.1. The number of rotatable bonds is 9. The standard InChI is InChI=1S/C27H29F3N4O5S/c1-18-21(31-13-12-23(18)39-17-27(28,29)30)16-40(37)25-32-20-10-6-7-11-22(20)34(25)26(36)33(2)14-15-38-24(35)19-8-4-3-5-9-19/h6-8,10-13H,3-5,9,14-17H2,1-2H3. The maximum absolute atomic E-state index is 13.5. The third-order valence-corrected chi connectivity index (χ3v) is 7.60. The van der Waals surface area contributed by atoms with Crippen LogP contribution in [0.3, 0.4) is 0 Å². The summed E-state index contributed by atoms with van der Waals surface area (Å²) in [5.74, 6) is -0.621. The minimum Gasteiger partial charge on any atom is -0.484 e. The van der Waals surface area contributed by atoms with Crippen molar-refractivity contribution in [3.8, 4) is 5.75 Å². The fourth-order valence-electron chi connectivity index (χ4n) is 4.21. The van der Waals surface area contributed by atoms with Crippen molar-refractivity contribution in [1.29, 1.82) is 0 Å². The molecule has 2 aromatic heterocycles. The van der Waals surface area contributed by atoms with Gasteiger partial charge in [-0.3, -0.25) is 9.19 Å². The van der Waals surface area contributed by atoms with Crippen LogP contribution in [0, 0.1) is 6.92 Å². The summed E-state index contributed by atoms with van der Waals surface area (Å²) >= 11 is 0. The molecule has 0 radical (unpaired) electrons. The number of imidazole rings is 1. The number of aromatic nitrogens is 3. The van der Waals surface area contributed by atoms with Gasteiger partial charge in [0.1, 0.15) is 12.4 Å². The largest absolute Gasteiger partial charge is 0.484 e. The predicted molar refractivity (Wildman–Crippen MR) is 141 cm³/mol. The van der Waals surface area contributed by atoms with Crippen molar-refractivity contribution < 1.29 is 36.4 Å². The van der Waals surface area contributed by atoms with E-state index in [4.69, 9.17) is 9.47 Å². The number of allylic oxidation sites excluding steroid dienone is 1. The third-order valence-electron chi connectivity index (χ3n) is 6.38. The summed E-state index contributed by atoms with van der Waals surface area (Å²) in [5, 5.41) is -0.0368. The number of pyridine rings is 1. The van der Waals surface area contributed by atoms with Crippen LogP contribution in [0.25, 0.3) is 11.0 Å². The van der Waals surface area contributed by atoms with Crippen LogP contribution in [0.1, 0.15) is 36.9 Å². The molecule has 0 bridgehead atoms. The molecule has 1 aliphatic carbocycles. The number of nitrogens with zero attached hydrogens (tertiary/aromatic N) is 4. The molecule has 0 saturated heterocycles. The summed E-state index contributed by atoms with van der Waals surface area (Å²) in [6.07, 6.45) is 2.15. The van der Waals surface area contributed by atoms with Crippen LogP contribution >= 0.6 is 0 Å². The number of amides is 1. The maximum Gasteiger partial charge on any atom is 0.422 e. The van der Waals surface area contributed by atoms with Crippen molar-refractivity contribution in [1.82, 2.24) is 19.4 Å². The molecule has 3 aromatic rings. The van der Waals surface area contributed by atoms with E-state index in [9.17, 15) is 27.0 Å². The van der Waals surface area contributed by atoms with Gasteiger partial charge >= 0.3 is 18.2 Å². The molecule has 0 N–H and O–H groups in total. The molecule has 0 fully saturated rings. The highest BCUT2D eigenvalue weighted by Crippen LogP contribution is 2.26. The van der Waals surface area contributed by atoms with E-state index in [-0.39, 0.29) is 41.5 Å². The van der Waals surface area contributed by atoms with Gasteiger partial charge in [0.25, 0.3) is 0 Å². The number of benzene rings is 1. The Balaban J connectivity index is 1.51. The summed E-state index contributed by atoms with van der Waals surface area (Å²) in [7, 11) is -0.368. The van der Waals surface area contributed by atoms with Gasteiger partial charge in [0.2, 0.25) is 5.16 Å². The number of likely N-dealkylation sites (N-methyl/N-ethyl adjacent to an activating group) is 1. The first kappa shape index (κ1) is 29.2. The molecule has 13 heteroatoms. The number of alkyl halides is 3. The van der Waals surface area contributed by atoms with Crippen LogP contribution < -0.4 is 4.74 Å². The number of halogens is 3. The van der Waals surface area contributed by atoms with Gasteiger partial charge in [-0.1, -0.05) is 18.2 Å². The first-order valence-corrected chi connectivity index (χ1v) is 14.0. The molecule has 40 heavy (non-hydrogen) atoms. The molecule has 4 rings (SSSR count). The third kappa shape index (κ3) is 7.06. The van der Waals surface area contributed by atoms with E-state index in [1.54, 1.807) is 24.3 Å². The minimum atomic E-state index is -4.51. The Morgan fingerprint density at radius 3 is 2.67 bits per heavy atom. The maximum atomic E-state index is 13.5. The number of carbonyl (C=O) groups is 2. The number of esters is 1. The fourth-order valence-corrected chi connectivity index (χ4v) is 5.46. The average molecular weight is 579 g/mol. The zero-order valence-corrected chi connectivity index (χ0v) is 22.9. The van der Waals surface area contributed by atoms with Crippen molar-refractivity contribution in [2.24, 2.45) is 0 Å². The van der Waals surface area contributed by atoms with Crippen molar-refractivity contribution >= 4 is 33.8 Å². The molecule has 2 heterocycles. The van der Waals surface area contributed by atoms with Gasteiger partial charge in [-0.15, -0.1) is 0 Å². The molecule has 1 unspecified atom stereocenters. The molecule has 0 saturated carbocycles. The van der Waals surface area contributed by atoms with E-state index in [0.717, 1.165) is 19.3 Å². The second kappa shape index (κ2) is 12.6. The van der Waals surface area contributed by atoms with Gasteiger partial charge in [0.05, 0.1) is 39.8 Å². The molecular weight excluding hydrogens is 549 g/mol. The summed E-state index contributed by atoms with van der Waals surface area (Å²) in [6.45, 7) is 0.134. The van der Waals surface area contributed by atoms with Crippen molar-refractivity contribution in [3.63, 3.8) is 0 Å². The van der Waals surface area contributed by atoms with Gasteiger partial charge in [0.15, 0.2) is 6.61 Å². The molecule has 0 aliphatic heterocycles. The van der Waals surface area contributed by atoms with Crippen molar-refractivity contribution in [2.75, 3.05) is 26.8 Å².